The van der Waals surface area contributed by atoms with Crippen LogP contribution < -0.4 is 0 Å². The number of Topliss-reactive ketones (excluding diaryl/α,β-unsaturated/α-hetero) is 1. The number of benzene rings is 1. The first-order valence-corrected chi connectivity index (χ1v) is 7.22. The SMILES string of the molecule is O=C(Cc1ccsc1)c1cc2ccc(F)cc2s1. The van der Waals surface area contributed by atoms with Gasteiger partial charge in [-0.05, 0) is 46.0 Å². The lowest BCUT2D eigenvalue weighted by Gasteiger charge is -1.93. The van der Waals surface area contributed by atoms with E-state index < -0.39 is 0 Å². The maximum atomic E-state index is 13.1. The minimum absolute atomic E-state index is 0.0926. The largest absolute Gasteiger partial charge is 0.293 e. The molecule has 1 nitrogen and oxygen atoms in total. The molecule has 0 aliphatic carbocycles. The predicted octanol–water partition coefficient (Wildman–Crippen LogP) is 4.53. The predicted molar refractivity (Wildman–Crippen MR) is 74.1 cm³/mol. The molecule has 3 aromatic rings. The maximum Gasteiger partial charge on any atom is 0.177 e. The smallest absolute Gasteiger partial charge is 0.177 e. The van der Waals surface area contributed by atoms with Gasteiger partial charge < -0.3 is 0 Å². The molecular formula is C14H9FOS2. The summed E-state index contributed by atoms with van der Waals surface area (Å²) in [6, 6.07) is 8.40. The lowest BCUT2D eigenvalue weighted by molar-refractivity contribution is 0.0997. The Morgan fingerprint density at radius 1 is 1.22 bits per heavy atom. The van der Waals surface area contributed by atoms with E-state index in [9.17, 15) is 9.18 Å². The molecule has 90 valence electrons. The number of hydrogen-bond donors (Lipinski definition) is 0. The number of hydrogen-bond acceptors (Lipinski definition) is 3. The fourth-order valence-electron chi connectivity index (χ4n) is 1.81. The van der Waals surface area contributed by atoms with Crippen LogP contribution in [0.3, 0.4) is 0 Å². The Morgan fingerprint density at radius 2 is 2.11 bits per heavy atom. The van der Waals surface area contributed by atoms with Crippen molar-refractivity contribution in [2.24, 2.45) is 0 Å². The van der Waals surface area contributed by atoms with Crippen LogP contribution in [0.4, 0.5) is 4.39 Å². The first-order valence-electron chi connectivity index (χ1n) is 5.46. The van der Waals surface area contributed by atoms with Crippen molar-refractivity contribution in [3.8, 4) is 0 Å². The highest BCUT2D eigenvalue weighted by Gasteiger charge is 2.11. The molecule has 0 atom stereocenters. The van der Waals surface area contributed by atoms with E-state index in [1.807, 2.05) is 22.9 Å². The monoisotopic (exact) mass is 276 g/mol. The van der Waals surface area contributed by atoms with Crippen LogP contribution in [-0.2, 0) is 6.42 Å². The summed E-state index contributed by atoms with van der Waals surface area (Å²) in [6.07, 6.45) is 0.415. The molecule has 0 N–H and O–H groups in total. The molecule has 0 aliphatic heterocycles. The lowest BCUT2D eigenvalue weighted by Crippen LogP contribution is -1.99. The summed E-state index contributed by atoms with van der Waals surface area (Å²) >= 11 is 2.94. The van der Waals surface area contributed by atoms with E-state index in [0.717, 1.165) is 15.6 Å². The molecule has 1 aromatic carbocycles. The summed E-state index contributed by atoms with van der Waals surface area (Å²) in [7, 11) is 0. The van der Waals surface area contributed by atoms with Gasteiger partial charge in [-0.1, -0.05) is 6.07 Å². The molecule has 3 rings (SSSR count). The average Bonchev–Trinajstić information content (AvgIpc) is 2.96. The zero-order valence-electron chi connectivity index (χ0n) is 9.35. The number of halogens is 1. The van der Waals surface area contributed by atoms with E-state index in [2.05, 4.69) is 0 Å². The Morgan fingerprint density at radius 3 is 2.89 bits per heavy atom. The molecule has 0 saturated carbocycles. The average molecular weight is 276 g/mol. The fraction of sp³-hybridized carbons (Fsp3) is 0.0714. The Labute approximate surface area is 112 Å². The van der Waals surface area contributed by atoms with Gasteiger partial charge in [-0.2, -0.15) is 11.3 Å². The molecule has 4 heteroatoms. The van der Waals surface area contributed by atoms with E-state index in [1.54, 1.807) is 17.4 Å². The molecule has 2 aromatic heterocycles. The van der Waals surface area contributed by atoms with Gasteiger partial charge in [-0.3, -0.25) is 4.79 Å². The second-order valence-electron chi connectivity index (χ2n) is 4.02. The second kappa shape index (κ2) is 4.63. The highest BCUT2D eigenvalue weighted by molar-refractivity contribution is 7.20. The summed E-state index contributed by atoms with van der Waals surface area (Å²) in [5, 5.41) is 4.86. The van der Waals surface area contributed by atoms with Crippen LogP contribution >= 0.6 is 22.7 Å². The molecule has 0 saturated heterocycles. The Kier molecular flexibility index (Phi) is 2.97. The number of ketones is 1. The maximum absolute atomic E-state index is 13.1. The van der Waals surface area contributed by atoms with E-state index >= 15 is 0 Å². The lowest BCUT2D eigenvalue weighted by atomic mass is 10.1. The standard InChI is InChI=1S/C14H9FOS2/c15-11-2-1-10-6-14(18-13(10)7-11)12(16)5-9-3-4-17-8-9/h1-4,6-8H,5H2. The topological polar surface area (TPSA) is 17.1 Å². The van der Waals surface area contributed by atoms with Gasteiger partial charge in [0.05, 0.1) is 4.88 Å². The third-order valence-electron chi connectivity index (χ3n) is 2.70. The summed E-state index contributed by atoms with van der Waals surface area (Å²) in [5.74, 6) is -0.170. The summed E-state index contributed by atoms with van der Waals surface area (Å²) in [5.41, 5.74) is 1.04. The molecule has 0 amide bonds. The van der Waals surface area contributed by atoms with Crippen molar-refractivity contribution in [3.63, 3.8) is 0 Å². The summed E-state index contributed by atoms with van der Waals surface area (Å²) in [6.45, 7) is 0. The van der Waals surface area contributed by atoms with Crippen LogP contribution in [0.1, 0.15) is 15.2 Å². The molecule has 0 spiro atoms. The van der Waals surface area contributed by atoms with Crippen LogP contribution in [0, 0.1) is 5.82 Å². The van der Waals surface area contributed by atoms with Gasteiger partial charge in [0.15, 0.2) is 5.78 Å². The van der Waals surface area contributed by atoms with Crippen molar-refractivity contribution in [2.75, 3.05) is 0 Å². The normalized spacial score (nSPS) is 10.9. The molecule has 0 fully saturated rings. The van der Waals surface area contributed by atoms with Crippen LogP contribution in [-0.4, -0.2) is 5.78 Å². The van der Waals surface area contributed by atoms with Gasteiger partial charge in [0, 0.05) is 11.1 Å². The van der Waals surface area contributed by atoms with Crippen molar-refractivity contribution in [2.45, 2.75) is 6.42 Å². The number of carbonyl (C=O) groups excluding carboxylic acids is 1. The van der Waals surface area contributed by atoms with Gasteiger partial charge in [-0.15, -0.1) is 11.3 Å². The fourth-order valence-corrected chi connectivity index (χ4v) is 3.50. The van der Waals surface area contributed by atoms with Crippen molar-refractivity contribution in [1.82, 2.24) is 0 Å². The Bertz CT molecular complexity index is 698. The minimum atomic E-state index is -0.263. The van der Waals surface area contributed by atoms with E-state index in [4.69, 9.17) is 0 Å². The van der Waals surface area contributed by atoms with Crippen molar-refractivity contribution >= 4 is 38.5 Å². The number of thiophene rings is 2. The third-order valence-corrected chi connectivity index (χ3v) is 4.57. The molecule has 0 bridgehead atoms. The van der Waals surface area contributed by atoms with Crippen LogP contribution in [0.2, 0.25) is 0 Å². The first-order chi connectivity index (χ1) is 8.72. The molecule has 0 unspecified atom stereocenters. The van der Waals surface area contributed by atoms with Crippen LogP contribution in [0.5, 0.6) is 0 Å². The van der Waals surface area contributed by atoms with E-state index in [-0.39, 0.29) is 11.6 Å². The molecule has 0 aliphatic rings. The number of rotatable bonds is 3. The molecule has 2 heterocycles. The summed E-state index contributed by atoms with van der Waals surface area (Å²) in [4.78, 5) is 12.8. The first kappa shape index (κ1) is 11.6. The van der Waals surface area contributed by atoms with E-state index in [0.29, 0.717) is 11.3 Å². The Hall–Kier alpha value is -1.52. The zero-order valence-corrected chi connectivity index (χ0v) is 11.0. The van der Waals surface area contributed by atoms with Crippen LogP contribution in [0.25, 0.3) is 10.1 Å². The van der Waals surface area contributed by atoms with Crippen molar-refractivity contribution in [1.29, 1.82) is 0 Å². The number of fused-ring (bicyclic) bond motifs is 1. The van der Waals surface area contributed by atoms with Gasteiger partial charge in [0.2, 0.25) is 0 Å². The molecular weight excluding hydrogens is 267 g/mol. The quantitative estimate of drug-likeness (QED) is 0.642. The van der Waals surface area contributed by atoms with Gasteiger partial charge in [-0.25, -0.2) is 4.39 Å². The Balaban J connectivity index is 1.92. The molecule has 18 heavy (non-hydrogen) atoms. The van der Waals surface area contributed by atoms with Crippen molar-refractivity contribution < 1.29 is 9.18 Å². The summed E-state index contributed by atoms with van der Waals surface area (Å²) < 4.78 is 13.9. The van der Waals surface area contributed by atoms with Gasteiger partial charge >= 0.3 is 0 Å². The zero-order chi connectivity index (χ0) is 12.5. The third kappa shape index (κ3) is 2.21. The molecule has 0 radical (unpaired) electrons. The van der Waals surface area contributed by atoms with Crippen molar-refractivity contribution in [3.05, 3.63) is 57.3 Å². The minimum Gasteiger partial charge on any atom is -0.293 e. The van der Waals surface area contributed by atoms with Gasteiger partial charge in [0.25, 0.3) is 0 Å². The highest BCUT2D eigenvalue weighted by Crippen LogP contribution is 2.27. The van der Waals surface area contributed by atoms with Crippen LogP contribution in [0.15, 0.2) is 41.1 Å². The highest BCUT2D eigenvalue weighted by atomic mass is 32.1. The second-order valence-corrected chi connectivity index (χ2v) is 5.89. The number of carbonyl (C=O) groups is 1. The van der Waals surface area contributed by atoms with Gasteiger partial charge in [0.1, 0.15) is 5.82 Å². The van der Waals surface area contributed by atoms with E-state index in [1.165, 1.54) is 23.5 Å².